The van der Waals surface area contributed by atoms with Gasteiger partial charge in [0.15, 0.2) is 0 Å². The Morgan fingerprint density at radius 1 is 1.35 bits per heavy atom. The Balaban J connectivity index is 1.64. The molecule has 0 aromatic carbocycles. The van der Waals surface area contributed by atoms with Gasteiger partial charge >= 0.3 is 0 Å². The Morgan fingerprint density at radius 2 is 2.17 bits per heavy atom. The highest BCUT2D eigenvalue weighted by atomic mass is 32.2. The molecule has 1 saturated carbocycles. The fourth-order valence-electron chi connectivity index (χ4n) is 3.53. The Bertz CT molecular complexity index is 851. The molecule has 2 fully saturated rings. The second kappa shape index (κ2) is 5.37. The van der Waals surface area contributed by atoms with Gasteiger partial charge in [0, 0.05) is 12.5 Å². The lowest BCUT2D eigenvalue weighted by molar-refractivity contribution is -0.00314. The number of hydrogen-bond donors (Lipinski definition) is 2. The summed E-state index contributed by atoms with van der Waals surface area (Å²) >= 11 is 1.58. The molecule has 4 atom stereocenters. The number of fused-ring (bicyclic) bond motifs is 2. The van der Waals surface area contributed by atoms with Gasteiger partial charge in [-0.15, -0.1) is 11.3 Å². The van der Waals surface area contributed by atoms with E-state index in [9.17, 15) is 8.42 Å². The lowest BCUT2D eigenvalue weighted by Gasteiger charge is -2.47. The van der Waals surface area contributed by atoms with Crippen LogP contribution in [0.15, 0.2) is 11.4 Å². The van der Waals surface area contributed by atoms with E-state index in [-0.39, 0.29) is 18.2 Å². The van der Waals surface area contributed by atoms with Crippen LogP contribution in [0, 0.1) is 12.8 Å². The average molecular weight is 354 g/mol. The van der Waals surface area contributed by atoms with Gasteiger partial charge in [0.25, 0.3) is 0 Å². The van der Waals surface area contributed by atoms with Gasteiger partial charge in [0.1, 0.15) is 11.6 Å². The number of sulfonamides is 1. The average Bonchev–Trinajstić information content (AvgIpc) is 3.07. The van der Waals surface area contributed by atoms with Crippen LogP contribution in [0.5, 0.6) is 0 Å². The molecule has 3 heterocycles. The van der Waals surface area contributed by atoms with Gasteiger partial charge in [0.2, 0.25) is 10.0 Å². The maximum absolute atomic E-state index is 11.6. The maximum atomic E-state index is 11.6. The van der Waals surface area contributed by atoms with E-state index < -0.39 is 10.0 Å². The lowest BCUT2D eigenvalue weighted by atomic mass is 9.72. The predicted octanol–water partition coefficient (Wildman–Crippen LogP) is 1.12. The molecule has 2 N–H and O–H groups in total. The molecule has 2 aromatic heterocycles. The van der Waals surface area contributed by atoms with Crippen molar-refractivity contribution in [3.63, 3.8) is 0 Å². The molecule has 0 unspecified atom stereocenters. The zero-order chi connectivity index (χ0) is 16.2. The predicted molar refractivity (Wildman–Crippen MR) is 89.2 cm³/mol. The van der Waals surface area contributed by atoms with Crippen LogP contribution in [-0.4, -0.2) is 49.4 Å². The van der Waals surface area contributed by atoms with Crippen LogP contribution >= 0.6 is 11.3 Å². The summed E-state index contributed by atoms with van der Waals surface area (Å²) in [5.74, 6) is 1.78. The minimum absolute atomic E-state index is 0.0168. The van der Waals surface area contributed by atoms with Crippen molar-refractivity contribution in [1.29, 1.82) is 0 Å². The highest BCUT2D eigenvalue weighted by molar-refractivity contribution is 7.88. The van der Waals surface area contributed by atoms with Crippen molar-refractivity contribution in [3.8, 4) is 0 Å². The van der Waals surface area contributed by atoms with Crippen LogP contribution in [-0.2, 0) is 14.8 Å². The third-order valence-corrected chi connectivity index (χ3v) is 6.07. The fourth-order valence-corrected chi connectivity index (χ4v) is 5.09. The number of nitrogens with zero attached hydrogens (tertiary/aromatic N) is 2. The van der Waals surface area contributed by atoms with Gasteiger partial charge in [-0.1, -0.05) is 0 Å². The Kier molecular flexibility index (Phi) is 3.56. The number of thiophene rings is 1. The molecular weight excluding hydrogens is 336 g/mol. The molecule has 4 rings (SSSR count). The molecule has 124 valence electrons. The first-order valence-corrected chi connectivity index (χ1v) is 10.3. The van der Waals surface area contributed by atoms with Crippen LogP contribution in [0.25, 0.3) is 10.2 Å². The van der Waals surface area contributed by atoms with E-state index in [1.807, 2.05) is 18.4 Å². The summed E-state index contributed by atoms with van der Waals surface area (Å²) in [6.45, 7) is 2.53. The van der Waals surface area contributed by atoms with Gasteiger partial charge in [-0.2, -0.15) is 0 Å². The van der Waals surface area contributed by atoms with E-state index in [0.717, 1.165) is 22.5 Å². The van der Waals surface area contributed by atoms with Crippen LogP contribution in [0.4, 0.5) is 5.82 Å². The quantitative estimate of drug-likeness (QED) is 0.855. The zero-order valence-electron chi connectivity index (χ0n) is 12.8. The van der Waals surface area contributed by atoms with Crippen molar-refractivity contribution < 1.29 is 13.2 Å². The van der Waals surface area contributed by atoms with Crippen LogP contribution < -0.4 is 10.0 Å². The Morgan fingerprint density at radius 3 is 2.96 bits per heavy atom. The molecule has 2 aromatic rings. The van der Waals surface area contributed by atoms with E-state index in [2.05, 4.69) is 20.0 Å². The molecule has 2 aliphatic rings. The number of nitrogens with one attached hydrogen (secondary N) is 2. The molecule has 0 amide bonds. The number of ether oxygens (including phenoxy) is 1. The topological polar surface area (TPSA) is 93.2 Å². The second-order valence-corrected chi connectivity index (χ2v) is 8.82. The monoisotopic (exact) mass is 354 g/mol. The molecule has 7 nitrogen and oxygen atoms in total. The molecule has 1 aliphatic heterocycles. The van der Waals surface area contributed by atoms with Crippen LogP contribution in [0.3, 0.4) is 0 Å². The summed E-state index contributed by atoms with van der Waals surface area (Å²) in [6, 6.07) is 1.69. The number of rotatable bonds is 4. The molecule has 1 aliphatic carbocycles. The smallest absolute Gasteiger partial charge is 0.209 e. The molecule has 0 bridgehead atoms. The normalized spacial score (nSPS) is 30.2. The summed E-state index contributed by atoms with van der Waals surface area (Å²) in [5, 5.41) is 5.43. The van der Waals surface area contributed by atoms with Crippen molar-refractivity contribution in [2.45, 2.75) is 31.5 Å². The molecule has 23 heavy (non-hydrogen) atoms. The van der Waals surface area contributed by atoms with Crippen LogP contribution in [0.1, 0.15) is 12.2 Å². The number of anilines is 1. The van der Waals surface area contributed by atoms with E-state index in [4.69, 9.17) is 4.74 Å². The first kappa shape index (κ1) is 15.3. The lowest BCUT2D eigenvalue weighted by Crippen LogP contribution is -2.68. The van der Waals surface area contributed by atoms with Crippen molar-refractivity contribution in [2.75, 3.05) is 18.2 Å². The third-order valence-electron chi connectivity index (χ3n) is 4.45. The largest absolute Gasteiger partial charge is 0.376 e. The van der Waals surface area contributed by atoms with Crippen molar-refractivity contribution in [2.24, 2.45) is 5.92 Å². The standard InChI is InChI=1S/C14H18N4O3S2/c1-7-15-9-4-6-22-13(9)14(16-7)17-10-8-3-5-21-12(8)11(10)18-23(2,19)20/h4,6,8,10-12,18H,3,5H2,1-2H3,(H,15,16,17)/t8-,10+,11-,12-/m1/s1. The van der Waals surface area contributed by atoms with Gasteiger partial charge in [-0.25, -0.2) is 23.1 Å². The van der Waals surface area contributed by atoms with E-state index in [1.165, 1.54) is 6.26 Å². The van der Waals surface area contributed by atoms with Crippen molar-refractivity contribution >= 4 is 37.4 Å². The second-order valence-electron chi connectivity index (χ2n) is 6.13. The molecule has 0 radical (unpaired) electrons. The first-order valence-electron chi connectivity index (χ1n) is 7.50. The summed E-state index contributed by atoms with van der Waals surface area (Å²) in [7, 11) is -3.29. The Hall–Kier alpha value is -1.29. The summed E-state index contributed by atoms with van der Waals surface area (Å²) in [6.07, 6.45) is 2.06. The minimum Gasteiger partial charge on any atom is -0.376 e. The van der Waals surface area contributed by atoms with E-state index >= 15 is 0 Å². The molecule has 0 spiro atoms. The van der Waals surface area contributed by atoms with Gasteiger partial charge in [0.05, 0.1) is 34.7 Å². The van der Waals surface area contributed by atoms with Crippen molar-refractivity contribution in [3.05, 3.63) is 17.3 Å². The number of aryl methyl sites for hydroxylation is 1. The number of hydrogen-bond acceptors (Lipinski definition) is 7. The SMILES string of the molecule is Cc1nc(N[C@H]2[C@H]3CCO[C@H]3[C@@H]2NS(C)(=O)=O)c2sccc2n1. The highest BCUT2D eigenvalue weighted by Gasteiger charge is 2.55. The first-order chi connectivity index (χ1) is 10.9. The fraction of sp³-hybridized carbons (Fsp3) is 0.571. The minimum atomic E-state index is -3.29. The molecule has 1 saturated heterocycles. The van der Waals surface area contributed by atoms with E-state index in [0.29, 0.717) is 18.3 Å². The molecule has 9 heteroatoms. The van der Waals surface area contributed by atoms with Gasteiger partial charge < -0.3 is 10.1 Å². The zero-order valence-corrected chi connectivity index (χ0v) is 14.4. The maximum Gasteiger partial charge on any atom is 0.209 e. The number of aromatic nitrogens is 2. The summed E-state index contributed by atoms with van der Waals surface area (Å²) < 4.78 is 32.6. The Labute approximate surface area is 138 Å². The highest BCUT2D eigenvalue weighted by Crippen LogP contribution is 2.41. The summed E-state index contributed by atoms with van der Waals surface area (Å²) in [5.41, 5.74) is 0.913. The van der Waals surface area contributed by atoms with E-state index in [1.54, 1.807) is 11.3 Å². The van der Waals surface area contributed by atoms with Gasteiger partial charge in [-0.3, -0.25) is 0 Å². The third kappa shape index (κ3) is 2.71. The van der Waals surface area contributed by atoms with Crippen LogP contribution in [0.2, 0.25) is 0 Å². The summed E-state index contributed by atoms with van der Waals surface area (Å²) in [4.78, 5) is 8.93. The molecular formula is C14H18N4O3S2. The van der Waals surface area contributed by atoms with Crippen molar-refractivity contribution in [1.82, 2.24) is 14.7 Å². The van der Waals surface area contributed by atoms with Gasteiger partial charge in [-0.05, 0) is 24.8 Å².